The summed E-state index contributed by atoms with van der Waals surface area (Å²) in [5.74, 6) is 7.28. The first-order valence-corrected chi connectivity index (χ1v) is 7.76. The Kier molecular flexibility index (Phi) is 5.18. The summed E-state index contributed by atoms with van der Waals surface area (Å²) < 4.78 is 0. The Hall–Kier alpha value is -1.35. The summed E-state index contributed by atoms with van der Waals surface area (Å²) in [5.41, 5.74) is 4.16. The second-order valence-corrected chi connectivity index (χ2v) is 6.13. The maximum Gasteiger partial charge on any atom is 0.265 e. The molecule has 1 aliphatic carbocycles. The highest BCUT2D eigenvalue weighted by Gasteiger charge is 2.27. The molecule has 0 unspecified atom stereocenters. The van der Waals surface area contributed by atoms with Gasteiger partial charge in [0.25, 0.3) is 5.91 Å². The molecule has 1 aromatic carbocycles. The van der Waals surface area contributed by atoms with Gasteiger partial charge < -0.3 is 0 Å². The van der Waals surface area contributed by atoms with Crippen molar-refractivity contribution in [2.24, 2.45) is 17.7 Å². The highest BCUT2D eigenvalue weighted by Crippen LogP contribution is 2.41. The van der Waals surface area contributed by atoms with E-state index in [1.165, 1.54) is 37.7 Å². The van der Waals surface area contributed by atoms with E-state index in [0.29, 0.717) is 11.5 Å². The topological polar surface area (TPSA) is 55.1 Å². The van der Waals surface area contributed by atoms with Gasteiger partial charge in [0, 0.05) is 5.56 Å². The Labute approximate surface area is 121 Å². The fourth-order valence-corrected chi connectivity index (χ4v) is 3.55. The molecular formula is C17H26N2O. The molecule has 3 N–H and O–H groups in total. The van der Waals surface area contributed by atoms with Crippen LogP contribution in [0.5, 0.6) is 0 Å². The van der Waals surface area contributed by atoms with E-state index < -0.39 is 0 Å². The molecule has 0 spiro atoms. The molecule has 3 atom stereocenters. The lowest BCUT2D eigenvalue weighted by molar-refractivity contribution is 0.0953. The van der Waals surface area contributed by atoms with Crippen LogP contribution in [0.15, 0.2) is 24.3 Å². The molecule has 0 radical (unpaired) electrons. The minimum atomic E-state index is -0.225. The summed E-state index contributed by atoms with van der Waals surface area (Å²) in [5, 5.41) is 0. The van der Waals surface area contributed by atoms with E-state index in [9.17, 15) is 4.79 Å². The molecule has 1 aliphatic rings. The molecule has 0 aromatic heterocycles. The fraction of sp³-hybridized carbons (Fsp3) is 0.588. The second kappa shape index (κ2) is 6.89. The Bertz CT molecular complexity index is 441. The van der Waals surface area contributed by atoms with Crippen LogP contribution in [-0.2, 0) is 0 Å². The Balaban J connectivity index is 2.01. The van der Waals surface area contributed by atoms with E-state index >= 15 is 0 Å². The predicted octanol–water partition coefficient (Wildman–Crippen LogP) is 3.61. The van der Waals surface area contributed by atoms with Crippen molar-refractivity contribution < 1.29 is 4.79 Å². The smallest absolute Gasteiger partial charge is 0.265 e. The molecule has 1 amide bonds. The number of carbonyl (C=O) groups excluding carboxylic acids is 1. The largest absolute Gasteiger partial charge is 0.290 e. The molecule has 3 heteroatoms. The van der Waals surface area contributed by atoms with Crippen LogP contribution in [0.1, 0.15) is 67.8 Å². The van der Waals surface area contributed by atoms with E-state index in [-0.39, 0.29) is 5.91 Å². The van der Waals surface area contributed by atoms with E-state index in [0.717, 1.165) is 11.8 Å². The first-order chi connectivity index (χ1) is 9.65. The van der Waals surface area contributed by atoms with Gasteiger partial charge in [0.2, 0.25) is 0 Å². The van der Waals surface area contributed by atoms with Crippen molar-refractivity contribution in [1.82, 2.24) is 5.43 Å². The summed E-state index contributed by atoms with van der Waals surface area (Å²) in [7, 11) is 0. The third-order valence-electron chi connectivity index (χ3n) is 4.78. The third-order valence-corrected chi connectivity index (χ3v) is 4.78. The highest BCUT2D eigenvalue weighted by molar-refractivity contribution is 5.93. The third kappa shape index (κ3) is 3.40. The van der Waals surface area contributed by atoms with Crippen LogP contribution in [0.3, 0.4) is 0 Å². The van der Waals surface area contributed by atoms with Crippen LogP contribution in [0.4, 0.5) is 0 Å². The first kappa shape index (κ1) is 15.0. The maximum absolute atomic E-state index is 11.4. The van der Waals surface area contributed by atoms with E-state index in [2.05, 4.69) is 31.4 Å². The lowest BCUT2D eigenvalue weighted by Gasteiger charge is -2.34. The first-order valence-electron chi connectivity index (χ1n) is 7.76. The van der Waals surface area contributed by atoms with Crippen LogP contribution in [0.25, 0.3) is 0 Å². The molecule has 20 heavy (non-hydrogen) atoms. The number of hydrogen-bond donors (Lipinski definition) is 2. The van der Waals surface area contributed by atoms with Crippen molar-refractivity contribution in [2.45, 2.75) is 51.9 Å². The Morgan fingerprint density at radius 2 is 2.00 bits per heavy atom. The summed E-state index contributed by atoms with van der Waals surface area (Å²) in [6.45, 7) is 4.67. The standard InChI is InChI=1S/C17H26N2O/c1-3-4-13-5-10-16(11-12(13)2)14-6-8-15(9-7-14)17(20)19-18/h6-9,12-13,16H,3-5,10-11,18H2,1-2H3,(H,19,20)/t12-,13+,16+/m0/s1. The number of benzene rings is 1. The number of nitrogen functional groups attached to an aromatic ring is 1. The molecule has 3 nitrogen and oxygen atoms in total. The number of nitrogens with one attached hydrogen (secondary N) is 1. The molecule has 1 fully saturated rings. The van der Waals surface area contributed by atoms with Crippen LogP contribution in [-0.4, -0.2) is 5.91 Å². The zero-order chi connectivity index (χ0) is 14.5. The summed E-state index contributed by atoms with van der Waals surface area (Å²) >= 11 is 0. The number of hydrogen-bond acceptors (Lipinski definition) is 2. The van der Waals surface area contributed by atoms with Gasteiger partial charge in [0.15, 0.2) is 0 Å². The number of nitrogens with two attached hydrogens (primary N) is 1. The average Bonchev–Trinajstić information content (AvgIpc) is 2.49. The van der Waals surface area contributed by atoms with Gasteiger partial charge in [-0.25, -0.2) is 5.84 Å². The summed E-state index contributed by atoms with van der Waals surface area (Å²) in [6, 6.07) is 7.92. The van der Waals surface area contributed by atoms with E-state index in [1.54, 1.807) is 0 Å². The molecule has 1 saturated carbocycles. The Morgan fingerprint density at radius 3 is 2.55 bits per heavy atom. The van der Waals surface area contributed by atoms with Gasteiger partial charge in [-0.05, 0) is 54.7 Å². The predicted molar refractivity (Wildman–Crippen MR) is 82.2 cm³/mol. The van der Waals surface area contributed by atoms with Gasteiger partial charge in [-0.15, -0.1) is 0 Å². The maximum atomic E-state index is 11.4. The van der Waals surface area contributed by atoms with Crippen LogP contribution < -0.4 is 11.3 Å². The van der Waals surface area contributed by atoms with Crippen LogP contribution in [0, 0.1) is 11.8 Å². The molecule has 0 aliphatic heterocycles. The van der Waals surface area contributed by atoms with Gasteiger partial charge in [0.05, 0.1) is 0 Å². The quantitative estimate of drug-likeness (QED) is 0.500. The van der Waals surface area contributed by atoms with E-state index in [4.69, 9.17) is 5.84 Å². The van der Waals surface area contributed by atoms with Gasteiger partial charge in [-0.2, -0.15) is 0 Å². The molecule has 1 aromatic rings. The second-order valence-electron chi connectivity index (χ2n) is 6.13. The van der Waals surface area contributed by atoms with Crippen molar-refractivity contribution in [3.8, 4) is 0 Å². The number of hydrazine groups is 1. The van der Waals surface area contributed by atoms with Crippen molar-refractivity contribution in [3.63, 3.8) is 0 Å². The monoisotopic (exact) mass is 274 g/mol. The molecule has 0 saturated heterocycles. The van der Waals surface area contributed by atoms with Gasteiger partial charge in [-0.3, -0.25) is 10.2 Å². The lowest BCUT2D eigenvalue weighted by atomic mass is 9.71. The Morgan fingerprint density at radius 1 is 1.30 bits per heavy atom. The van der Waals surface area contributed by atoms with E-state index in [1.807, 2.05) is 12.1 Å². The van der Waals surface area contributed by atoms with Crippen molar-refractivity contribution in [1.29, 1.82) is 0 Å². The fourth-order valence-electron chi connectivity index (χ4n) is 3.55. The van der Waals surface area contributed by atoms with Crippen molar-refractivity contribution >= 4 is 5.91 Å². The SMILES string of the molecule is CCC[C@@H]1CC[C@@H](c2ccc(C(=O)NN)cc2)C[C@@H]1C. The molecule has 0 heterocycles. The molecule has 2 rings (SSSR count). The van der Waals surface area contributed by atoms with Crippen molar-refractivity contribution in [2.75, 3.05) is 0 Å². The number of amides is 1. The molecular weight excluding hydrogens is 248 g/mol. The van der Waals surface area contributed by atoms with Gasteiger partial charge in [0.1, 0.15) is 0 Å². The summed E-state index contributed by atoms with van der Waals surface area (Å²) in [6.07, 6.45) is 6.54. The van der Waals surface area contributed by atoms with Crippen LogP contribution >= 0.6 is 0 Å². The van der Waals surface area contributed by atoms with Crippen molar-refractivity contribution in [3.05, 3.63) is 35.4 Å². The zero-order valence-corrected chi connectivity index (χ0v) is 12.6. The highest BCUT2D eigenvalue weighted by atomic mass is 16.2. The zero-order valence-electron chi connectivity index (χ0n) is 12.6. The molecule has 0 bridgehead atoms. The van der Waals surface area contributed by atoms with Crippen LogP contribution in [0.2, 0.25) is 0 Å². The minimum absolute atomic E-state index is 0.225. The normalized spacial score (nSPS) is 26.2. The summed E-state index contributed by atoms with van der Waals surface area (Å²) in [4.78, 5) is 11.4. The number of carbonyl (C=O) groups is 1. The number of rotatable bonds is 4. The van der Waals surface area contributed by atoms with Gasteiger partial charge >= 0.3 is 0 Å². The lowest BCUT2D eigenvalue weighted by Crippen LogP contribution is -2.29. The minimum Gasteiger partial charge on any atom is -0.290 e. The molecule has 110 valence electrons. The van der Waals surface area contributed by atoms with Gasteiger partial charge in [-0.1, -0.05) is 38.8 Å². The average molecular weight is 274 g/mol.